The van der Waals surface area contributed by atoms with E-state index in [0.717, 1.165) is 68.1 Å². The van der Waals surface area contributed by atoms with Gasteiger partial charge in [-0.2, -0.15) is 0 Å². The minimum Gasteiger partial charge on any atom is -0.493 e. The Labute approximate surface area is 273 Å². The van der Waals surface area contributed by atoms with Gasteiger partial charge in [-0.15, -0.1) is 0 Å². The minimum absolute atomic E-state index is 0.578. The number of rotatable bonds is 12. The predicted molar refractivity (Wildman–Crippen MR) is 183 cm³/mol. The van der Waals surface area contributed by atoms with Crippen molar-refractivity contribution >= 4 is 5.57 Å². The van der Waals surface area contributed by atoms with Crippen LogP contribution in [0.2, 0.25) is 0 Å². The molecule has 0 unspecified atom stereocenters. The van der Waals surface area contributed by atoms with Crippen LogP contribution >= 0.6 is 0 Å². The van der Waals surface area contributed by atoms with Crippen molar-refractivity contribution in [3.63, 3.8) is 0 Å². The van der Waals surface area contributed by atoms with Gasteiger partial charge in [0.2, 0.25) is 11.5 Å². The number of pyridine rings is 1. The number of piperazine rings is 1. The van der Waals surface area contributed by atoms with Gasteiger partial charge < -0.3 is 33.7 Å². The number of nitrogens with zero attached hydrogens (tertiary/aromatic N) is 3. The Bertz CT molecular complexity index is 1460. The summed E-state index contributed by atoms with van der Waals surface area (Å²) in [5.41, 5.74) is 6.58. The summed E-state index contributed by atoms with van der Waals surface area (Å²) in [7, 11) is 9.75. The summed E-state index contributed by atoms with van der Waals surface area (Å²) in [6.45, 7) is 10.6. The standard InChI is InChI=1S/C34H42N4O6.C2H6/c1-39-29-13-25(14-30(40-2)33(29)43-5)27-11-23(17-35-19-27)21-37-7-9-38(10-8-37)22-24-12-28(20-36-18-24)26-15-31(41-3)34(44-6)32(16-26)42-4;1-2/h11-17,19-20,36H,7-10,18,21-22H2,1-6H3;1-2H3. The van der Waals surface area contributed by atoms with Crippen LogP contribution in [0.25, 0.3) is 16.7 Å². The number of hydrogen-bond acceptors (Lipinski definition) is 10. The molecule has 1 N–H and O–H groups in total. The molecule has 10 nitrogen and oxygen atoms in total. The lowest BCUT2D eigenvalue weighted by Crippen LogP contribution is -2.46. The van der Waals surface area contributed by atoms with Gasteiger partial charge in [-0.3, -0.25) is 14.8 Å². The highest BCUT2D eigenvalue weighted by Crippen LogP contribution is 2.42. The van der Waals surface area contributed by atoms with Gasteiger partial charge in [0, 0.05) is 70.0 Å². The van der Waals surface area contributed by atoms with Crippen LogP contribution in [-0.4, -0.2) is 96.7 Å². The molecule has 0 radical (unpaired) electrons. The number of nitrogens with one attached hydrogen (secondary N) is 1. The average Bonchev–Trinajstić information content (AvgIpc) is 3.12. The first-order valence-corrected chi connectivity index (χ1v) is 15.6. The summed E-state index contributed by atoms with van der Waals surface area (Å²) in [6, 6.07) is 10.1. The fourth-order valence-corrected chi connectivity index (χ4v) is 5.75. The fraction of sp³-hybridized carbons (Fsp3) is 0.417. The highest BCUT2D eigenvalue weighted by Gasteiger charge is 2.21. The second-order valence-corrected chi connectivity index (χ2v) is 10.7. The number of methoxy groups -OCH3 is 6. The summed E-state index contributed by atoms with van der Waals surface area (Å²) in [5.74, 6) is 3.70. The topological polar surface area (TPSA) is 86.8 Å². The Balaban J connectivity index is 0.00000235. The van der Waals surface area contributed by atoms with E-state index in [4.69, 9.17) is 28.4 Å². The Morgan fingerprint density at radius 3 is 1.61 bits per heavy atom. The summed E-state index contributed by atoms with van der Waals surface area (Å²) in [4.78, 5) is 9.55. The molecule has 0 atom stereocenters. The molecular formula is C36H48N4O6. The van der Waals surface area contributed by atoms with Gasteiger partial charge in [-0.05, 0) is 58.2 Å². The zero-order valence-electron chi connectivity index (χ0n) is 28.4. The first-order chi connectivity index (χ1) is 22.5. The maximum atomic E-state index is 5.56. The number of ether oxygens (including phenoxy) is 6. The molecule has 10 heteroatoms. The monoisotopic (exact) mass is 632 g/mol. The van der Waals surface area contributed by atoms with Crippen molar-refractivity contribution in [3.05, 3.63) is 71.7 Å². The zero-order chi connectivity index (χ0) is 33.1. The molecular weight excluding hydrogens is 584 g/mol. The molecule has 0 aliphatic carbocycles. The van der Waals surface area contributed by atoms with Gasteiger partial charge in [0.25, 0.3) is 0 Å². The molecule has 3 aromatic rings. The quantitative estimate of drug-likeness (QED) is 0.276. The number of aromatic nitrogens is 1. The van der Waals surface area contributed by atoms with Gasteiger partial charge in [-0.1, -0.05) is 19.9 Å². The molecule has 1 saturated heterocycles. The largest absolute Gasteiger partial charge is 0.493 e. The van der Waals surface area contributed by atoms with Crippen molar-refractivity contribution in [1.29, 1.82) is 0 Å². The summed E-state index contributed by atoms with van der Waals surface area (Å²) in [5, 5.41) is 3.45. The van der Waals surface area contributed by atoms with Gasteiger partial charge in [0.1, 0.15) is 0 Å². The molecule has 248 valence electrons. The molecule has 1 fully saturated rings. The van der Waals surface area contributed by atoms with Crippen LogP contribution in [0.5, 0.6) is 34.5 Å². The van der Waals surface area contributed by atoms with Crippen molar-refractivity contribution in [1.82, 2.24) is 20.1 Å². The molecule has 0 saturated carbocycles. The third-order valence-corrected chi connectivity index (χ3v) is 8.04. The summed E-state index contributed by atoms with van der Waals surface area (Å²) in [6.07, 6.45) is 8.13. The lowest BCUT2D eigenvalue weighted by atomic mass is 10.00. The maximum Gasteiger partial charge on any atom is 0.203 e. The third kappa shape index (κ3) is 8.05. The molecule has 46 heavy (non-hydrogen) atoms. The Kier molecular flexibility index (Phi) is 12.6. The van der Waals surface area contributed by atoms with E-state index in [1.165, 1.54) is 11.1 Å². The van der Waals surface area contributed by atoms with E-state index >= 15 is 0 Å². The van der Waals surface area contributed by atoms with Crippen LogP contribution in [0.4, 0.5) is 0 Å². The van der Waals surface area contributed by atoms with Crippen molar-refractivity contribution in [2.24, 2.45) is 0 Å². The molecule has 5 rings (SSSR count). The Morgan fingerprint density at radius 2 is 1.11 bits per heavy atom. The summed E-state index contributed by atoms with van der Waals surface area (Å²) < 4.78 is 33.2. The van der Waals surface area contributed by atoms with Crippen molar-refractivity contribution < 1.29 is 28.4 Å². The van der Waals surface area contributed by atoms with Crippen LogP contribution in [0.15, 0.2) is 60.6 Å². The van der Waals surface area contributed by atoms with Crippen LogP contribution < -0.4 is 33.7 Å². The number of dihydropyridines is 1. The van der Waals surface area contributed by atoms with Crippen molar-refractivity contribution in [2.75, 3.05) is 81.9 Å². The smallest absolute Gasteiger partial charge is 0.203 e. The van der Waals surface area contributed by atoms with Crippen LogP contribution in [0.3, 0.4) is 0 Å². The highest BCUT2D eigenvalue weighted by molar-refractivity contribution is 5.78. The van der Waals surface area contributed by atoms with E-state index in [1.54, 1.807) is 42.7 Å². The van der Waals surface area contributed by atoms with E-state index in [2.05, 4.69) is 32.2 Å². The molecule has 0 amide bonds. The number of benzene rings is 2. The molecule has 2 aliphatic rings. The molecule has 0 bridgehead atoms. The molecule has 0 spiro atoms. The molecule has 2 aliphatic heterocycles. The normalized spacial score (nSPS) is 15.0. The van der Waals surface area contributed by atoms with E-state index in [1.807, 2.05) is 56.7 Å². The second kappa shape index (κ2) is 16.8. The van der Waals surface area contributed by atoms with Crippen LogP contribution in [0.1, 0.15) is 25.0 Å². The van der Waals surface area contributed by atoms with E-state index in [-0.39, 0.29) is 0 Å². The first-order valence-electron chi connectivity index (χ1n) is 15.6. The average molecular weight is 633 g/mol. The lowest BCUT2D eigenvalue weighted by molar-refractivity contribution is 0.134. The zero-order valence-corrected chi connectivity index (χ0v) is 28.4. The van der Waals surface area contributed by atoms with E-state index in [0.29, 0.717) is 34.5 Å². The van der Waals surface area contributed by atoms with E-state index in [9.17, 15) is 0 Å². The van der Waals surface area contributed by atoms with Gasteiger partial charge in [-0.25, -0.2) is 0 Å². The first kappa shape index (κ1) is 34.5. The lowest BCUT2D eigenvalue weighted by Gasteiger charge is -2.35. The fourth-order valence-electron chi connectivity index (χ4n) is 5.75. The highest BCUT2D eigenvalue weighted by atomic mass is 16.5. The second-order valence-electron chi connectivity index (χ2n) is 10.7. The third-order valence-electron chi connectivity index (χ3n) is 8.04. The molecule has 2 aromatic carbocycles. The SMILES string of the molecule is CC.COc1cc(C2=CNCC(CN3CCN(Cc4cncc(-c5cc(OC)c(OC)c(OC)c5)c4)CC3)=C2)cc(OC)c1OC. The maximum absolute atomic E-state index is 5.56. The van der Waals surface area contributed by atoms with Crippen molar-refractivity contribution in [2.45, 2.75) is 20.4 Å². The Hall–Kier alpha value is -4.41. The van der Waals surface area contributed by atoms with Crippen LogP contribution in [-0.2, 0) is 6.54 Å². The van der Waals surface area contributed by atoms with Gasteiger partial charge in [0.05, 0.1) is 42.7 Å². The summed E-state index contributed by atoms with van der Waals surface area (Å²) >= 11 is 0. The molecule has 1 aromatic heterocycles. The van der Waals surface area contributed by atoms with Crippen LogP contribution in [0, 0.1) is 0 Å². The van der Waals surface area contributed by atoms with Crippen molar-refractivity contribution in [3.8, 4) is 45.6 Å². The van der Waals surface area contributed by atoms with E-state index < -0.39 is 0 Å². The van der Waals surface area contributed by atoms with Gasteiger partial charge >= 0.3 is 0 Å². The Morgan fingerprint density at radius 1 is 0.609 bits per heavy atom. The molecule has 3 heterocycles. The number of hydrogen-bond donors (Lipinski definition) is 1. The minimum atomic E-state index is 0.578. The predicted octanol–water partition coefficient (Wildman–Crippen LogP) is 5.51. The van der Waals surface area contributed by atoms with Gasteiger partial charge in [0.15, 0.2) is 23.0 Å². The number of allylic oxidation sites excluding steroid dienone is 2.